The zero-order valence-electron chi connectivity index (χ0n) is 25.3. The monoisotopic (exact) mass is 547 g/mol. The first kappa shape index (κ1) is 26.3. The first-order valence-corrected chi connectivity index (χ1v) is 14.8. The molecule has 7 rings (SSSR count). The Balaban J connectivity index is 1.54. The van der Waals surface area contributed by atoms with Gasteiger partial charge in [0.05, 0.1) is 28.1 Å². The summed E-state index contributed by atoms with van der Waals surface area (Å²) in [6.07, 6.45) is 2.26. The predicted octanol–water partition coefficient (Wildman–Crippen LogP) is 10.4. The summed E-state index contributed by atoms with van der Waals surface area (Å²) in [5, 5.41) is 2.59. The predicted molar refractivity (Wildman–Crippen MR) is 178 cm³/mol. The second kappa shape index (κ2) is 9.46. The van der Waals surface area contributed by atoms with Crippen LogP contribution in [0.2, 0.25) is 0 Å². The van der Waals surface area contributed by atoms with Crippen molar-refractivity contribution < 1.29 is 0 Å². The Hall–Kier alpha value is -4.63. The second-order valence-electron chi connectivity index (χ2n) is 13.5. The number of fused-ring (bicyclic) bond motifs is 4. The molecule has 0 saturated heterocycles. The molecule has 3 heterocycles. The van der Waals surface area contributed by atoms with Gasteiger partial charge in [0, 0.05) is 28.1 Å². The van der Waals surface area contributed by atoms with Gasteiger partial charge >= 0.3 is 0 Å². The van der Waals surface area contributed by atoms with Crippen LogP contribution in [0.3, 0.4) is 0 Å². The van der Waals surface area contributed by atoms with E-state index in [2.05, 4.69) is 166 Å². The third-order valence-corrected chi connectivity index (χ3v) is 8.45. The summed E-state index contributed by atoms with van der Waals surface area (Å²) >= 11 is 0. The van der Waals surface area contributed by atoms with Crippen LogP contribution in [0.15, 0.2) is 115 Å². The molecule has 3 nitrogen and oxygen atoms in total. The first-order valence-electron chi connectivity index (χ1n) is 14.8. The lowest BCUT2D eigenvalue weighted by molar-refractivity contribution is 0.590. The Labute approximate surface area is 248 Å². The highest BCUT2D eigenvalue weighted by Gasteiger charge is 2.22. The van der Waals surface area contributed by atoms with E-state index >= 15 is 0 Å². The van der Waals surface area contributed by atoms with Gasteiger partial charge in [-0.2, -0.15) is 0 Å². The van der Waals surface area contributed by atoms with Crippen molar-refractivity contribution in [2.75, 3.05) is 0 Å². The fraction of sp³-hybridized carbons (Fsp3) is 0.205. The molecule has 0 aliphatic rings. The Morgan fingerprint density at radius 2 is 1.07 bits per heavy atom. The molecule has 0 atom stereocenters. The van der Waals surface area contributed by atoms with Gasteiger partial charge in [0.15, 0.2) is 0 Å². The molecule has 0 N–H and O–H groups in total. The van der Waals surface area contributed by atoms with E-state index in [0.717, 1.165) is 33.8 Å². The maximum absolute atomic E-state index is 5.14. The van der Waals surface area contributed by atoms with Crippen LogP contribution in [-0.2, 0) is 10.8 Å². The van der Waals surface area contributed by atoms with Crippen LogP contribution < -0.4 is 0 Å². The fourth-order valence-corrected chi connectivity index (χ4v) is 6.07. The molecule has 42 heavy (non-hydrogen) atoms. The molecule has 3 heteroatoms. The molecule has 0 bridgehead atoms. The zero-order valence-corrected chi connectivity index (χ0v) is 25.3. The van der Waals surface area contributed by atoms with Crippen molar-refractivity contribution in [3.63, 3.8) is 0 Å². The average molecular weight is 548 g/mol. The summed E-state index contributed by atoms with van der Waals surface area (Å²) in [5.74, 6) is 0. The summed E-state index contributed by atoms with van der Waals surface area (Å²) in [6.45, 7) is 13.7. The number of rotatable bonds is 3. The lowest BCUT2D eigenvalue weighted by Crippen LogP contribution is -2.10. The van der Waals surface area contributed by atoms with Crippen molar-refractivity contribution in [3.8, 4) is 28.2 Å². The normalized spacial score (nSPS) is 12.5. The third-order valence-electron chi connectivity index (χ3n) is 8.45. The number of hydrogen-bond donors (Lipinski definition) is 0. The molecule has 0 spiro atoms. The number of nitrogens with zero attached hydrogens (tertiary/aromatic N) is 3. The fourth-order valence-electron chi connectivity index (χ4n) is 6.07. The molecular weight excluding hydrogens is 510 g/mol. The molecule has 0 radical (unpaired) electrons. The number of pyridine rings is 1. The van der Waals surface area contributed by atoms with Gasteiger partial charge in [0.1, 0.15) is 5.65 Å². The van der Waals surface area contributed by atoms with Gasteiger partial charge in [-0.15, -0.1) is 0 Å². The molecule has 0 amide bonds. The van der Waals surface area contributed by atoms with Crippen molar-refractivity contribution >= 4 is 27.5 Å². The molecule has 208 valence electrons. The van der Waals surface area contributed by atoms with Gasteiger partial charge in [-0.1, -0.05) is 114 Å². The summed E-state index contributed by atoms with van der Waals surface area (Å²) in [4.78, 5) is 5.14. The number of imidazole rings is 1. The molecule has 4 aromatic carbocycles. The van der Waals surface area contributed by atoms with Gasteiger partial charge < -0.3 is 4.57 Å². The molecule has 0 aliphatic carbocycles. The number of hydrogen-bond acceptors (Lipinski definition) is 1. The van der Waals surface area contributed by atoms with E-state index < -0.39 is 0 Å². The average Bonchev–Trinajstić information content (AvgIpc) is 3.52. The van der Waals surface area contributed by atoms with Crippen LogP contribution in [0.1, 0.15) is 52.7 Å². The SMILES string of the molecule is CC(C)(C)c1ccc2c(c1)c1cc(C(C)(C)C)ccc1n2-c1ccc2nc(-c3ccccc3)c(-c3ccccc3)n2c1. The largest absolute Gasteiger partial charge is 0.308 e. The summed E-state index contributed by atoms with van der Waals surface area (Å²) in [5.41, 5.74) is 11.7. The molecule has 7 aromatic rings. The Morgan fingerprint density at radius 1 is 0.548 bits per heavy atom. The van der Waals surface area contributed by atoms with E-state index in [4.69, 9.17) is 4.98 Å². The molecule has 0 fully saturated rings. The van der Waals surface area contributed by atoms with Crippen LogP contribution in [0.25, 0.3) is 55.7 Å². The van der Waals surface area contributed by atoms with Gasteiger partial charge in [0.25, 0.3) is 0 Å². The summed E-state index contributed by atoms with van der Waals surface area (Å²) in [7, 11) is 0. The van der Waals surface area contributed by atoms with Gasteiger partial charge in [-0.05, 0) is 58.4 Å². The molecular formula is C39H37N3. The topological polar surface area (TPSA) is 22.2 Å². The van der Waals surface area contributed by atoms with Crippen LogP contribution in [0.5, 0.6) is 0 Å². The van der Waals surface area contributed by atoms with Gasteiger partial charge in [-0.3, -0.25) is 4.40 Å². The standard InChI is InChI=1S/C39H37N3/c1-38(2,3)28-17-20-33-31(23-28)32-24-29(39(4,5)6)18-21-34(32)42(33)30-19-22-35-40-36(26-13-9-7-10-14-26)37(41(35)25-30)27-15-11-8-12-16-27/h7-25H,1-6H3. The molecule has 0 unspecified atom stereocenters. The number of benzene rings is 4. The van der Waals surface area contributed by atoms with Gasteiger partial charge in [-0.25, -0.2) is 4.98 Å². The minimum absolute atomic E-state index is 0.0679. The van der Waals surface area contributed by atoms with Crippen LogP contribution in [-0.4, -0.2) is 14.0 Å². The van der Waals surface area contributed by atoms with E-state index in [1.54, 1.807) is 0 Å². The van der Waals surface area contributed by atoms with Crippen molar-refractivity contribution in [1.29, 1.82) is 0 Å². The minimum Gasteiger partial charge on any atom is -0.308 e. The second-order valence-corrected chi connectivity index (χ2v) is 13.5. The van der Waals surface area contributed by atoms with Crippen molar-refractivity contribution in [2.24, 2.45) is 0 Å². The van der Waals surface area contributed by atoms with Crippen molar-refractivity contribution in [3.05, 3.63) is 127 Å². The number of aromatic nitrogens is 3. The van der Waals surface area contributed by atoms with E-state index in [1.165, 1.54) is 32.9 Å². The molecule has 3 aromatic heterocycles. The summed E-state index contributed by atoms with van der Waals surface area (Å²) in [6, 6.07) is 39.5. The van der Waals surface area contributed by atoms with Gasteiger partial charge in [0.2, 0.25) is 0 Å². The van der Waals surface area contributed by atoms with Crippen LogP contribution in [0, 0.1) is 0 Å². The maximum Gasteiger partial charge on any atom is 0.138 e. The maximum atomic E-state index is 5.14. The Kier molecular flexibility index (Phi) is 5.92. The molecule has 0 saturated carbocycles. The third kappa shape index (κ3) is 4.32. The highest BCUT2D eigenvalue weighted by atomic mass is 15.1. The van der Waals surface area contributed by atoms with E-state index in [9.17, 15) is 0 Å². The lowest BCUT2D eigenvalue weighted by atomic mass is 9.85. The van der Waals surface area contributed by atoms with E-state index in [1.807, 2.05) is 0 Å². The smallest absolute Gasteiger partial charge is 0.138 e. The zero-order chi connectivity index (χ0) is 29.2. The Morgan fingerprint density at radius 3 is 1.60 bits per heavy atom. The van der Waals surface area contributed by atoms with Crippen LogP contribution in [0.4, 0.5) is 0 Å². The minimum atomic E-state index is 0.0679. The highest BCUT2D eigenvalue weighted by Crippen LogP contribution is 2.39. The highest BCUT2D eigenvalue weighted by molar-refractivity contribution is 6.10. The summed E-state index contributed by atoms with van der Waals surface area (Å²) < 4.78 is 4.68. The lowest BCUT2D eigenvalue weighted by Gasteiger charge is -2.19. The Bertz CT molecular complexity index is 2010. The van der Waals surface area contributed by atoms with E-state index in [-0.39, 0.29) is 10.8 Å². The molecule has 0 aliphatic heterocycles. The van der Waals surface area contributed by atoms with Crippen molar-refractivity contribution in [1.82, 2.24) is 14.0 Å². The van der Waals surface area contributed by atoms with Crippen LogP contribution >= 0.6 is 0 Å². The van der Waals surface area contributed by atoms with E-state index in [0.29, 0.717) is 0 Å². The quantitative estimate of drug-likeness (QED) is 0.216. The van der Waals surface area contributed by atoms with Crippen molar-refractivity contribution in [2.45, 2.75) is 52.4 Å². The first-order chi connectivity index (χ1) is 20.1.